The predicted octanol–water partition coefficient (Wildman–Crippen LogP) is 4.88. The van der Waals surface area contributed by atoms with Gasteiger partial charge >= 0.3 is 5.97 Å². The van der Waals surface area contributed by atoms with E-state index in [1.807, 2.05) is 32.0 Å². The van der Waals surface area contributed by atoms with Crippen LogP contribution in [-0.4, -0.2) is 24.2 Å². The number of carbonyl (C=O) groups excluding carboxylic acids is 2. The summed E-state index contributed by atoms with van der Waals surface area (Å²) in [4.78, 5) is 24.6. The molecule has 0 bridgehead atoms. The van der Waals surface area contributed by atoms with Gasteiger partial charge in [-0.2, -0.15) is 0 Å². The first kappa shape index (κ1) is 19.6. The van der Waals surface area contributed by atoms with Crippen LogP contribution in [0.25, 0.3) is 0 Å². The summed E-state index contributed by atoms with van der Waals surface area (Å²) in [5, 5.41) is 3.17. The van der Waals surface area contributed by atoms with Crippen LogP contribution in [0, 0.1) is 13.8 Å². The Labute approximate surface area is 160 Å². The molecule has 7 heteroatoms. The van der Waals surface area contributed by atoms with Crippen molar-refractivity contribution in [2.24, 2.45) is 0 Å². The molecule has 0 heterocycles. The summed E-state index contributed by atoms with van der Waals surface area (Å²) in [6.45, 7) is 3.65. The molecule has 25 heavy (non-hydrogen) atoms. The fourth-order valence-corrected chi connectivity index (χ4v) is 3.21. The number of aryl methyl sites for hydroxylation is 2. The average Bonchev–Trinajstić information content (AvgIpc) is 2.57. The van der Waals surface area contributed by atoms with Gasteiger partial charge in [-0.25, -0.2) is 0 Å². The highest BCUT2D eigenvalue weighted by atomic mass is 35.5. The quantitative estimate of drug-likeness (QED) is 0.557. The van der Waals surface area contributed by atoms with Gasteiger partial charge < -0.3 is 10.1 Å². The van der Waals surface area contributed by atoms with Gasteiger partial charge in [0.15, 0.2) is 6.61 Å². The van der Waals surface area contributed by atoms with E-state index in [0.717, 1.165) is 10.5 Å². The Morgan fingerprint density at radius 2 is 1.76 bits per heavy atom. The molecule has 2 rings (SSSR count). The molecule has 0 saturated heterocycles. The molecule has 0 unspecified atom stereocenters. The lowest BCUT2D eigenvalue weighted by molar-refractivity contribution is -0.144. The normalized spacial score (nSPS) is 10.4. The number of hydrogen-bond acceptors (Lipinski definition) is 4. The number of thioether (sulfide) groups is 1. The fourth-order valence-electron chi connectivity index (χ4n) is 1.93. The van der Waals surface area contributed by atoms with Crippen LogP contribution < -0.4 is 5.32 Å². The molecule has 0 aliphatic rings. The SMILES string of the molecule is Cc1ccc(SCC(=O)OCC(=O)Nc2c(Cl)cccc2Cl)cc1C. The van der Waals surface area contributed by atoms with E-state index < -0.39 is 18.5 Å². The second kappa shape index (κ2) is 9.13. The lowest BCUT2D eigenvalue weighted by Crippen LogP contribution is -2.22. The predicted molar refractivity (Wildman–Crippen MR) is 103 cm³/mol. The minimum atomic E-state index is -0.500. The number of hydrogen-bond donors (Lipinski definition) is 1. The summed E-state index contributed by atoms with van der Waals surface area (Å²) in [7, 11) is 0. The summed E-state index contributed by atoms with van der Waals surface area (Å²) in [5.74, 6) is -0.842. The van der Waals surface area contributed by atoms with Crippen molar-refractivity contribution in [1.29, 1.82) is 0 Å². The average molecular weight is 398 g/mol. The topological polar surface area (TPSA) is 55.4 Å². The van der Waals surface area contributed by atoms with Crippen molar-refractivity contribution in [3.05, 3.63) is 57.6 Å². The number of anilines is 1. The van der Waals surface area contributed by atoms with Crippen molar-refractivity contribution >= 4 is 52.5 Å². The van der Waals surface area contributed by atoms with Crippen molar-refractivity contribution in [1.82, 2.24) is 0 Å². The Balaban J connectivity index is 1.79. The van der Waals surface area contributed by atoms with Crippen LogP contribution in [0.15, 0.2) is 41.3 Å². The first-order valence-electron chi connectivity index (χ1n) is 7.46. The van der Waals surface area contributed by atoms with E-state index in [1.54, 1.807) is 18.2 Å². The van der Waals surface area contributed by atoms with Crippen LogP contribution in [0.5, 0.6) is 0 Å². The monoisotopic (exact) mass is 397 g/mol. The Morgan fingerprint density at radius 3 is 2.40 bits per heavy atom. The number of amides is 1. The maximum absolute atomic E-state index is 11.9. The molecule has 0 radical (unpaired) electrons. The Kier molecular flexibility index (Phi) is 7.17. The molecule has 2 aromatic rings. The maximum Gasteiger partial charge on any atom is 0.316 e. The minimum absolute atomic E-state index is 0.128. The van der Waals surface area contributed by atoms with Gasteiger partial charge in [-0.1, -0.05) is 35.3 Å². The van der Waals surface area contributed by atoms with Crippen molar-refractivity contribution in [3.63, 3.8) is 0 Å². The van der Waals surface area contributed by atoms with E-state index in [9.17, 15) is 9.59 Å². The zero-order valence-corrected chi connectivity index (χ0v) is 16.1. The van der Waals surface area contributed by atoms with Gasteiger partial charge in [0, 0.05) is 4.90 Å². The van der Waals surface area contributed by atoms with Crippen molar-refractivity contribution in [2.75, 3.05) is 17.7 Å². The number of halogens is 2. The third kappa shape index (κ3) is 5.96. The second-order valence-electron chi connectivity index (χ2n) is 5.34. The second-order valence-corrected chi connectivity index (χ2v) is 7.20. The van der Waals surface area contributed by atoms with Crippen LogP contribution in [0.4, 0.5) is 5.69 Å². The van der Waals surface area contributed by atoms with Gasteiger partial charge in [-0.3, -0.25) is 9.59 Å². The minimum Gasteiger partial charge on any atom is -0.455 e. The van der Waals surface area contributed by atoms with E-state index in [2.05, 4.69) is 5.32 Å². The number of para-hydroxylation sites is 1. The molecule has 0 aliphatic heterocycles. The molecule has 4 nitrogen and oxygen atoms in total. The van der Waals surface area contributed by atoms with E-state index in [4.69, 9.17) is 27.9 Å². The largest absolute Gasteiger partial charge is 0.455 e. The molecule has 0 atom stereocenters. The lowest BCUT2D eigenvalue weighted by Gasteiger charge is -2.09. The maximum atomic E-state index is 11.9. The molecule has 1 amide bonds. The highest BCUT2D eigenvalue weighted by Crippen LogP contribution is 2.29. The highest BCUT2D eigenvalue weighted by Gasteiger charge is 2.12. The smallest absolute Gasteiger partial charge is 0.316 e. The molecule has 0 aliphatic carbocycles. The molecule has 132 valence electrons. The third-order valence-corrected chi connectivity index (χ3v) is 5.02. The number of nitrogens with one attached hydrogen (secondary N) is 1. The summed E-state index contributed by atoms with van der Waals surface area (Å²) >= 11 is 13.3. The summed E-state index contributed by atoms with van der Waals surface area (Å²) in [6, 6.07) is 10.9. The van der Waals surface area contributed by atoms with Gasteiger partial charge in [0.25, 0.3) is 5.91 Å². The molecular weight excluding hydrogens is 381 g/mol. The lowest BCUT2D eigenvalue weighted by atomic mass is 10.1. The van der Waals surface area contributed by atoms with Crippen LogP contribution in [-0.2, 0) is 14.3 Å². The van der Waals surface area contributed by atoms with Crippen LogP contribution in [0.1, 0.15) is 11.1 Å². The molecule has 0 aromatic heterocycles. The Morgan fingerprint density at radius 1 is 1.08 bits per heavy atom. The van der Waals surface area contributed by atoms with Crippen LogP contribution in [0.3, 0.4) is 0 Å². The number of benzene rings is 2. The highest BCUT2D eigenvalue weighted by molar-refractivity contribution is 8.00. The fraction of sp³-hybridized carbons (Fsp3) is 0.222. The zero-order valence-electron chi connectivity index (χ0n) is 13.8. The molecule has 1 N–H and O–H groups in total. The molecule has 0 saturated carbocycles. The van der Waals surface area contributed by atoms with Gasteiger partial charge in [0.1, 0.15) is 0 Å². The standard InChI is InChI=1S/C18H17Cl2NO3S/c1-11-6-7-13(8-12(11)2)25-10-17(23)24-9-16(22)21-18-14(19)4-3-5-15(18)20/h3-8H,9-10H2,1-2H3,(H,21,22). The van der Waals surface area contributed by atoms with E-state index in [-0.39, 0.29) is 5.75 Å². The number of esters is 1. The Bertz CT molecular complexity index is 776. The number of carbonyl (C=O) groups is 2. The van der Waals surface area contributed by atoms with E-state index in [0.29, 0.717) is 15.7 Å². The first-order valence-corrected chi connectivity index (χ1v) is 9.20. The van der Waals surface area contributed by atoms with Gasteiger partial charge in [-0.05, 0) is 49.2 Å². The van der Waals surface area contributed by atoms with Crippen molar-refractivity contribution in [2.45, 2.75) is 18.7 Å². The molecule has 0 fully saturated rings. The van der Waals surface area contributed by atoms with Gasteiger partial charge in [-0.15, -0.1) is 11.8 Å². The zero-order chi connectivity index (χ0) is 18.4. The van der Waals surface area contributed by atoms with Crippen molar-refractivity contribution in [3.8, 4) is 0 Å². The van der Waals surface area contributed by atoms with Crippen LogP contribution in [0.2, 0.25) is 10.0 Å². The third-order valence-electron chi connectivity index (χ3n) is 3.43. The molecule has 2 aromatic carbocycles. The van der Waals surface area contributed by atoms with E-state index >= 15 is 0 Å². The first-order chi connectivity index (χ1) is 11.9. The van der Waals surface area contributed by atoms with Crippen LogP contribution >= 0.6 is 35.0 Å². The summed E-state index contributed by atoms with van der Waals surface area (Å²) < 4.78 is 4.97. The number of ether oxygens (including phenoxy) is 1. The molecule has 0 spiro atoms. The summed E-state index contributed by atoms with van der Waals surface area (Å²) in [6.07, 6.45) is 0. The summed E-state index contributed by atoms with van der Waals surface area (Å²) in [5.41, 5.74) is 2.66. The Hall–Kier alpha value is -1.69. The number of rotatable bonds is 6. The van der Waals surface area contributed by atoms with Gasteiger partial charge in [0.05, 0.1) is 21.5 Å². The molecular formula is C18H17Cl2NO3S. The van der Waals surface area contributed by atoms with Gasteiger partial charge in [0.2, 0.25) is 0 Å². The van der Waals surface area contributed by atoms with E-state index in [1.165, 1.54) is 17.3 Å². The van der Waals surface area contributed by atoms with Crippen molar-refractivity contribution < 1.29 is 14.3 Å².